The molecule has 0 unspecified atom stereocenters. The van der Waals surface area contributed by atoms with E-state index in [1.807, 2.05) is 0 Å². The van der Waals surface area contributed by atoms with E-state index in [4.69, 9.17) is 0 Å². The van der Waals surface area contributed by atoms with E-state index in [2.05, 4.69) is 106 Å². The predicted octanol–water partition coefficient (Wildman–Crippen LogP) is 6.81. The minimum absolute atomic E-state index is 0.570. The Labute approximate surface area is 195 Å². The van der Waals surface area contributed by atoms with Gasteiger partial charge in [0.1, 0.15) is 0 Å². The molecule has 3 nitrogen and oxygen atoms in total. The number of nitrogens with zero attached hydrogens (tertiary/aromatic N) is 2. The molecule has 0 amide bonds. The Hall–Kier alpha value is -3.43. The van der Waals surface area contributed by atoms with Gasteiger partial charge in [0.25, 0.3) is 0 Å². The van der Waals surface area contributed by atoms with Crippen LogP contribution in [0.2, 0.25) is 0 Å². The molecule has 0 atom stereocenters. The van der Waals surface area contributed by atoms with Gasteiger partial charge in [-0.2, -0.15) is 5.10 Å². The average Bonchev–Trinajstić information content (AvgIpc) is 3.38. The first kappa shape index (κ1) is 20.2. The van der Waals surface area contributed by atoms with Gasteiger partial charge in [0.2, 0.25) is 0 Å². The second kappa shape index (κ2) is 8.84. The van der Waals surface area contributed by atoms with E-state index in [-0.39, 0.29) is 0 Å². The Morgan fingerprint density at radius 2 is 1.52 bits per heavy atom. The molecule has 0 radical (unpaired) electrons. The number of rotatable bonds is 5. The van der Waals surface area contributed by atoms with Crippen LogP contribution in [0.1, 0.15) is 30.0 Å². The van der Waals surface area contributed by atoms with E-state index in [9.17, 15) is 0 Å². The van der Waals surface area contributed by atoms with Gasteiger partial charge in [-0.15, -0.1) is 0 Å². The number of H-pyrrole nitrogens is 1. The molecule has 164 valence electrons. The van der Waals surface area contributed by atoms with Crippen molar-refractivity contribution in [3.63, 3.8) is 0 Å². The number of benzene rings is 4. The van der Waals surface area contributed by atoms with Gasteiger partial charge in [0, 0.05) is 23.7 Å². The van der Waals surface area contributed by atoms with Crippen LogP contribution >= 0.6 is 0 Å². The van der Waals surface area contributed by atoms with Crippen molar-refractivity contribution < 1.29 is 0 Å². The molecule has 3 heteroatoms. The second-order valence-electron chi connectivity index (χ2n) is 9.27. The Morgan fingerprint density at radius 1 is 0.758 bits per heavy atom. The third kappa shape index (κ3) is 4.17. The SMILES string of the molecule is c1ccc2cc(-c3cc(C4CCN(CCc5cccc6ccccc56)CC4)[nH]n3)ccc2c1. The van der Waals surface area contributed by atoms with Crippen LogP contribution in [0.15, 0.2) is 91.0 Å². The minimum atomic E-state index is 0.570. The Morgan fingerprint density at radius 3 is 2.39 bits per heavy atom. The molecule has 0 saturated carbocycles. The summed E-state index contributed by atoms with van der Waals surface area (Å²) in [6, 6.07) is 32.8. The van der Waals surface area contributed by atoms with E-state index in [1.165, 1.54) is 51.2 Å². The van der Waals surface area contributed by atoms with Crippen LogP contribution < -0.4 is 0 Å². The van der Waals surface area contributed by atoms with Crippen LogP contribution in [0.4, 0.5) is 0 Å². The summed E-state index contributed by atoms with van der Waals surface area (Å²) in [4.78, 5) is 2.62. The third-order valence-electron chi connectivity index (χ3n) is 7.25. The number of likely N-dealkylation sites (tertiary alicyclic amines) is 1. The molecule has 1 N–H and O–H groups in total. The quantitative estimate of drug-likeness (QED) is 0.332. The zero-order valence-electron chi connectivity index (χ0n) is 18.9. The Bertz CT molecular complexity index is 1390. The minimum Gasteiger partial charge on any atom is -0.303 e. The number of aromatic nitrogens is 2. The van der Waals surface area contributed by atoms with Gasteiger partial charge in [-0.1, -0.05) is 78.9 Å². The van der Waals surface area contributed by atoms with Crippen LogP contribution in [0.5, 0.6) is 0 Å². The number of nitrogens with one attached hydrogen (secondary N) is 1. The first-order valence-corrected chi connectivity index (χ1v) is 12.1. The molecule has 1 aliphatic rings. The standard InChI is InChI=1S/C30H29N3/c1-2-8-26-20-27(13-12-22(26)6-1)30-21-29(31-32-30)25-15-18-33(19-16-25)17-14-24-10-5-9-23-7-3-4-11-28(23)24/h1-13,20-21,25H,14-19H2,(H,31,32). The summed E-state index contributed by atoms with van der Waals surface area (Å²) in [6.45, 7) is 3.44. The highest BCUT2D eigenvalue weighted by atomic mass is 15.1. The van der Waals surface area contributed by atoms with Gasteiger partial charge in [-0.25, -0.2) is 0 Å². The highest BCUT2D eigenvalue weighted by Crippen LogP contribution is 2.30. The maximum absolute atomic E-state index is 4.65. The fourth-order valence-corrected chi connectivity index (χ4v) is 5.30. The van der Waals surface area contributed by atoms with Gasteiger partial charge < -0.3 is 4.90 Å². The van der Waals surface area contributed by atoms with Crippen molar-refractivity contribution in [2.75, 3.05) is 19.6 Å². The highest BCUT2D eigenvalue weighted by Gasteiger charge is 2.22. The molecular formula is C30H29N3. The van der Waals surface area contributed by atoms with E-state index in [0.29, 0.717) is 5.92 Å². The van der Waals surface area contributed by atoms with Crippen LogP contribution in [0.3, 0.4) is 0 Å². The lowest BCUT2D eigenvalue weighted by Crippen LogP contribution is -2.34. The number of piperidine rings is 1. The number of fused-ring (bicyclic) bond motifs is 2. The average molecular weight is 432 g/mol. The van der Waals surface area contributed by atoms with Gasteiger partial charge in [0.05, 0.1) is 5.69 Å². The van der Waals surface area contributed by atoms with Gasteiger partial charge >= 0.3 is 0 Å². The smallest absolute Gasteiger partial charge is 0.0923 e. The molecule has 2 heterocycles. The lowest BCUT2D eigenvalue weighted by atomic mass is 9.92. The number of aromatic amines is 1. The third-order valence-corrected chi connectivity index (χ3v) is 7.25. The monoisotopic (exact) mass is 431 g/mol. The van der Waals surface area contributed by atoms with Crippen molar-refractivity contribution >= 4 is 21.5 Å². The predicted molar refractivity (Wildman–Crippen MR) is 138 cm³/mol. The molecule has 1 saturated heterocycles. The molecule has 0 aliphatic carbocycles. The fourth-order valence-electron chi connectivity index (χ4n) is 5.30. The zero-order chi connectivity index (χ0) is 22.0. The molecule has 4 aromatic carbocycles. The van der Waals surface area contributed by atoms with E-state index in [0.717, 1.165) is 31.7 Å². The summed E-state index contributed by atoms with van der Waals surface area (Å²) >= 11 is 0. The molecule has 0 bridgehead atoms. The van der Waals surface area contributed by atoms with Crippen molar-refractivity contribution in [2.45, 2.75) is 25.2 Å². The van der Waals surface area contributed by atoms with E-state index < -0.39 is 0 Å². The van der Waals surface area contributed by atoms with Crippen molar-refractivity contribution in [1.82, 2.24) is 15.1 Å². The summed E-state index contributed by atoms with van der Waals surface area (Å²) in [5, 5.41) is 13.3. The van der Waals surface area contributed by atoms with Crippen molar-refractivity contribution in [2.24, 2.45) is 0 Å². The van der Waals surface area contributed by atoms with Crippen molar-refractivity contribution in [1.29, 1.82) is 0 Å². The summed E-state index contributed by atoms with van der Waals surface area (Å²) in [7, 11) is 0. The van der Waals surface area contributed by atoms with Crippen LogP contribution in [0, 0.1) is 0 Å². The zero-order valence-corrected chi connectivity index (χ0v) is 18.9. The van der Waals surface area contributed by atoms with Gasteiger partial charge in [0.15, 0.2) is 0 Å². The summed E-state index contributed by atoms with van der Waals surface area (Å²) < 4.78 is 0. The Balaban J connectivity index is 1.09. The largest absolute Gasteiger partial charge is 0.303 e. The van der Waals surface area contributed by atoms with Crippen molar-refractivity contribution in [3.05, 3.63) is 102 Å². The van der Waals surface area contributed by atoms with Crippen LogP contribution in [0.25, 0.3) is 32.8 Å². The maximum atomic E-state index is 4.65. The first-order chi connectivity index (χ1) is 16.3. The summed E-state index contributed by atoms with van der Waals surface area (Å²) in [5.74, 6) is 0.570. The fraction of sp³-hybridized carbons (Fsp3) is 0.233. The normalized spacial score (nSPS) is 15.4. The lowest BCUT2D eigenvalue weighted by molar-refractivity contribution is 0.213. The molecule has 5 aromatic rings. The number of hydrogen-bond donors (Lipinski definition) is 1. The van der Waals surface area contributed by atoms with E-state index in [1.54, 1.807) is 0 Å². The molecular weight excluding hydrogens is 402 g/mol. The first-order valence-electron chi connectivity index (χ1n) is 12.1. The maximum Gasteiger partial charge on any atom is 0.0923 e. The molecule has 0 spiro atoms. The summed E-state index contributed by atoms with van der Waals surface area (Å²) in [5.41, 5.74) is 4.98. The molecule has 1 aliphatic heterocycles. The second-order valence-corrected chi connectivity index (χ2v) is 9.27. The molecule has 6 rings (SSSR count). The topological polar surface area (TPSA) is 31.9 Å². The lowest BCUT2D eigenvalue weighted by Gasteiger charge is -2.31. The summed E-state index contributed by atoms with van der Waals surface area (Å²) in [6.07, 6.45) is 3.49. The Kier molecular flexibility index (Phi) is 5.41. The van der Waals surface area contributed by atoms with Crippen LogP contribution in [-0.2, 0) is 6.42 Å². The molecule has 1 aromatic heterocycles. The van der Waals surface area contributed by atoms with Gasteiger partial charge in [-0.3, -0.25) is 5.10 Å². The van der Waals surface area contributed by atoms with E-state index >= 15 is 0 Å². The highest BCUT2D eigenvalue weighted by molar-refractivity contribution is 5.87. The van der Waals surface area contributed by atoms with Crippen molar-refractivity contribution in [3.8, 4) is 11.3 Å². The molecule has 1 fully saturated rings. The number of hydrogen-bond acceptors (Lipinski definition) is 2. The van der Waals surface area contributed by atoms with Gasteiger partial charge in [-0.05, 0) is 71.6 Å². The van der Waals surface area contributed by atoms with Crippen LogP contribution in [-0.4, -0.2) is 34.7 Å². The molecule has 33 heavy (non-hydrogen) atoms.